The maximum Gasteiger partial charge on any atom is 0.137 e. The van der Waals surface area contributed by atoms with Crippen LogP contribution in [0.2, 0.25) is 0 Å². The highest BCUT2D eigenvalue weighted by Crippen LogP contribution is 2.43. The van der Waals surface area contributed by atoms with Crippen LogP contribution in [-0.2, 0) is 5.41 Å². The van der Waals surface area contributed by atoms with Gasteiger partial charge in [-0.1, -0.05) is 103 Å². The molecule has 5 heteroatoms. The van der Waals surface area contributed by atoms with E-state index in [1.165, 1.54) is 27.2 Å². The van der Waals surface area contributed by atoms with E-state index in [0.717, 1.165) is 48.3 Å². The van der Waals surface area contributed by atoms with Gasteiger partial charge >= 0.3 is 0 Å². The minimum Gasteiger partial charge on any atom is -0.457 e. The number of nitrogens with zero attached hydrogens (tertiary/aromatic N) is 3. The Hall–Kier alpha value is -5.65. The second kappa shape index (κ2) is 10.9. The summed E-state index contributed by atoms with van der Waals surface area (Å²) in [6.07, 6.45) is 1.72. The SMILES string of the molecule is [2H]C([2H])([2H])c1cc(-n2c3cc(Oc4cccc(Br)c4)ccc3c3cc4c5cccc6c7ccccc7n(c4cc32)c65)ncc1-c1ccc(C(C)(C)C)cc1. The summed E-state index contributed by atoms with van der Waals surface area (Å²) in [4.78, 5) is 5.04. The van der Waals surface area contributed by atoms with E-state index in [0.29, 0.717) is 22.9 Å². The number of hydrogen-bond donors (Lipinski definition) is 0. The van der Waals surface area contributed by atoms with Crippen molar-refractivity contribution in [1.29, 1.82) is 0 Å². The van der Waals surface area contributed by atoms with Crippen LogP contribution in [0.15, 0.2) is 138 Å². The molecule has 0 saturated carbocycles. The quantitative estimate of drug-likeness (QED) is 0.181. The van der Waals surface area contributed by atoms with E-state index in [1.807, 2.05) is 48.5 Å². The van der Waals surface area contributed by atoms with Crippen molar-refractivity contribution in [2.45, 2.75) is 33.0 Å². The predicted molar refractivity (Wildman–Crippen MR) is 216 cm³/mol. The molecule has 0 bridgehead atoms. The Labute approximate surface area is 308 Å². The molecule has 0 aliphatic heterocycles. The van der Waals surface area contributed by atoms with Crippen LogP contribution in [0.4, 0.5) is 0 Å². The first-order valence-electron chi connectivity index (χ1n) is 18.6. The zero-order chi connectivity index (χ0) is 37.1. The number of rotatable bonds is 4. The average Bonchev–Trinajstić information content (AvgIpc) is 3.77. The summed E-state index contributed by atoms with van der Waals surface area (Å²) >= 11 is 3.56. The molecule has 10 rings (SSSR count). The van der Waals surface area contributed by atoms with E-state index >= 15 is 0 Å². The summed E-state index contributed by atoms with van der Waals surface area (Å²) in [5.74, 6) is 1.89. The van der Waals surface area contributed by atoms with E-state index in [4.69, 9.17) is 13.8 Å². The highest BCUT2D eigenvalue weighted by atomic mass is 79.9. The molecule has 0 amide bonds. The van der Waals surface area contributed by atoms with Gasteiger partial charge in [0.2, 0.25) is 0 Å². The second-order valence-corrected chi connectivity index (χ2v) is 15.3. The van der Waals surface area contributed by atoms with Gasteiger partial charge in [0.1, 0.15) is 17.3 Å². The van der Waals surface area contributed by atoms with Gasteiger partial charge in [-0.2, -0.15) is 0 Å². The van der Waals surface area contributed by atoms with Crippen molar-refractivity contribution in [3.8, 4) is 28.4 Å². The average molecular weight is 728 g/mol. The van der Waals surface area contributed by atoms with Crippen LogP contribution < -0.4 is 4.74 Å². The van der Waals surface area contributed by atoms with Gasteiger partial charge in [0, 0.05) is 58.7 Å². The molecule has 6 aromatic carbocycles. The summed E-state index contributed by atoms with van der Waals surface area (Å²) in [5, 5.41) is 6.85. The molecule has 0 N–H and O–H groups in total. The number of halogens is 1. The van der Waals surface area contributed by atoms with Crippen molar-refractivity contribution in [2.75, 3.05) is 0 Å². The smallest absolute Gasteiger partial charge is 0.137 e. The number of para-hydroxylation sites is 2. The Bertz CT molecular complexity index is 3110. The molecule has 10 aromatic rings. The van der Waals surface area contributed by atoms with Crippen molar-refractivity contribution in [3.63, 3.8) is 0 Å². The highest BCUT2D eigenvalue weighted by Gasteiger charge is 2.22. The standard InChI is InChI=1S/C46H34BrN3O/c1-27-21-44(48-26-39(27)28-15-17-29(18-16-28)46(2,3)4)49-41-23-32(51-31-10-7-9-30(47)22-31)19-20-34(41)37-24-38-36-13-8-12-35-33-11-5-6-14-40(33)50(45(35)36)43(38)25-42(37)49/h5-26H,1-4H3/i1D3. The second-order valence-electron chi connectivity index (χ2n) is 14.4. The molecule has 0 radical (unpaired) electrons. The van der Waals surface area contributed by atoms with Crippen molar-refractivity contribution in [3.05, 3.63) is 149 Å². The molecule has 0 aliphatic carbocycles. The van der Waals surface area contributed by atoms with E-state index in [-0.39, 0.29) is 11.0 Å². The third-order valence-electron chi connectivity index (χ3n) is 10.3. The lowest BCUT2D eigenvalue weighted by atomic mass is 9.86. The fourth-order valence-corrected chi connectivity index (χ4v) is 8.22. The molecule has 0 spiro atoms. The monoisotopic (exact) mass is 726 g/mol. The maximum atomic E-state index is 8.70. The Balaban J connectivity index is 1.26. The first-order chi connectivity index (χ1) is 25.9. The third kappa shape index (κ3) is 4.61. The Morgan fingerprint density at radius 1 is 0.627 bits per heavy atom. The molecule has 246 valence electrons. The molecule has 0 fully saturated rings. The predicted octanol–water partition coefficient (Wildman–Crippen LogP) is 13.2. The first-order valence-corrected chi connectivity index (χ1v) is 17.9. The lowest BCUT2D eigenvalue weighted by Gasteiger charge is -2.19. The molecule has 0 saturated heterocycles. The number of fused-ring (bicyclic) bond motifs is 9. The Kier molecular flexibility index (Phi) is 5.81. The van der Waals surface area contributed by atoms with Crippen molar-refractivity contribution in [1.82, 2.24) is 14.0 Å². The number of aromatic nitrogens is 3. The maximum absolute atomic E-state index is 8.70. The van der Waals surface area contributed by atoms with E-state index in [1.54, 1.807) is 12.3 Å². The Morgan fingerprint density at radius 3 is 2.14 bits per heavy atom. The number of pyridine rings is 1. The van der Waals surface area contributed by atoms with Gasteiger partial charge in [-0.3, -0.25) is 4.57 Å². The number of aryl methyl sites for hydroxylation is 1. The van der Waals surface area contributed by atoms with Crippen LogP contribution in [0.1, 0.15) is 36.0 Å². The van der Waals surface area contributed by atoms with Gasteiger partial charge in [-0.15, -0.1) is 0 Å². The van der Waals surface area contributed by atoms with E-state index < -0.39 is 6.85 Å². The van der Waals surface area contributed by atoms with Gasteiger partial charge in [0.25, 0.3) is 0 Å². The van der Waals surface area contributed by atoms with Gasteiger partial charge in [-0.05, 0) is 83.6 Å². The van der Waals surface area contributed by atoms with Crippen LogP contribution >= 0.6 is 15.9 Å². The lowest BCUT2D eigenvalue weighted by Crippen LogP contribution is -2.10. The molecule has 4 heterocycles. The van der Waals surface area contributed by atoms with Crippen LogP contribution in [0, 0.1) is 6.85 Å². The third-order valence-corrected chi connectivity index (χ3v) is 10.8. The number of benzene rings is 6. The molecule has 0 unspecified atom stereocenters. The Morgan fingerprint density at radius 2 is 1.33 bits per heavy atom. The molecule has 4 aromatic heterocycles. The molecule has 51 heavy (non-hydrogen) atoms. The molecular weight excluding hydrogens is 690 g/mol. The minimum atomic E-state index is -2.39. The molecule has 0 atom stereocenters. The summed E-state index contributed by atoms with van der Waals surface area (Å²) in [5.41, 5.74) is 8.04. The summed E-state index contributed by atoms with van der Waals surface area (Å²) < 4.78 is 37.9. The molecule has 4 nitrogen and oxygen atoms in total. The van der Waals surface area contributed by atoms with Gasteiger partial charge in [-0.25, -0.2) is 4.98 Å². The van der Waals surface area contributed by atoms with Crippen molar-refractivity contribution in [2.24, 2.45) is 0 Å². The van der Waals surface area contributed by atoms with Gasteiger partial charge < -0.3 is 9.14 Å². The fraction of sp³-hybridized carbons (Fsp3) is 0.109. The van der Waals surface area contributed by atoms with Crippen LogP contribution in [0.5, 0.6) is 11.5 Å². The van der Waals surface area contributed by atoms with E-state index in [9.17, 15) is 0 Å². The number of ether oxygens (including phenoxy) is 1. The summed E-state index contributed by atoms with van der Waals surface area (Å²) in [6.45, 7) is 4.12. The molecule has 0 aliphatic rings. The van der Waals surface area contributed by atoms with Crippen molar-refractivity contribution >= 4 is 75.8 Å². The highest BCUT2D eigenvalue weighted by molar-refractivity contribution is 9.10. The zero-order valence-electron chi connectivity index (χ0n) is 31.3. The van der Waals surface area contributed by atoms with Gasteiger partial charge in [0.05, 0.1) is 27.6 Å². The zero-order valence-corrected chi connectivity index (χ0v) is 29.9. The van der Waals surface area contributed by atoms with Crippen LogP contribution in [0.25, 0.3) is 76.8 Å². The van der Waals surface area contributed by atoms with Crippen LogP contribution in [0.3, 0.4) is 0 Å². The summed E-state index contributed by atoms with van der Waals surface area (Å²) in [6, 6.07) is 43.4. The van der Waals surface area contributed by atoms with E-state index in [2.05, 4.69) is 118 Å². The fourth-order valence-electron chi connectivity index (χ4n) is 7.84. The summed E-state index contributed by atoms with van der Waals surface area (Å²) in [7, 11) is 0. The van der Waals surface area contributed by atoms with Gasteiger partial charge in [0.15, 0.2) is 0 Å². The minimum absolute atomic E-state index is 0.0239. The number of hydrogen-bond acceptors (Lipinski definition) is 2. The largest absolute Gasteiger partial charge is 0.457 e. The topological polar surface area (TPSA) is 31.5 Å². The molecular formula is C46H34BrN3O. The first kappa shape index (κ1) is 27.1. The lowest BCUT2D eigenvalue weighted by molar-refractivity contribution is 0.483. The van der Waals surface area contributed by atoms with Crippen LogP contribution in [-0.4, -0.2) is 14.0 Å². The van der Waals surface area contributed by atoms with Crippen molar-refractivity contribution < 1.29 is 8.85 Å². The normalized spacial score (nSPS) is 13.5.